The molecule has 0 aliphatic carbocycles. The molecule has 1 aromatic carbocycles. The maximum Gasteiger partial charge on any atom is 0.191 e. The highest BCUT2D eigenvalue weighted by molar-refractivity contribution is 7.84. The Kier molecular flexibility index (Phi) is 8.85. The lowest BCUT2D eigenvalue weighted by atomic mass is 10.2. The van der Waals surface area contributed by atoms with Crippen LogP contribution >= 0.6 is 11.3 Å². The zero-order valence-electron chi connectivity index (χ0n) is 15.8. The molecule has 26 heavy (non-hydrogen) atoms. The van der Waals surface area contributed by atoms with Crippen LogP contribution in [0.5, 0.6) is 0 Å². The number of hydrogen-bond donors (Lipinski definition) is 2. The van der Waals surface area contributed by atoms with E-state index in [4.69, 9.17) is 0 Å². The predicted octanol–water partition coefficient (Wildman–Crippen LogP) is 3.49. The van der Waals surface area contributed by atoms with Crippen molar-refractivity contribution in [2.24, 2.45) is 4.99 Å². The van der Waals surface area contributed by atoms with Crippen molar-refractivity contribution in [1.82, 2.24) is 10.6 Å². The van der Waals surface area contributed by atoms with E-state index in [1.165, 1.54) is 9.75 Å². The average Bonchev–Trinajstić information content (AvgIpc) is 3.00. The van der Waals surface area contributed by atoms with Crippen LogP contribution in [0.3, 0.4) is 0 Å². The first-order chi connectivity index (χ1) is 12.6. The van der Waals surface area contributed by atoms with Crippen LogP contribution in [0.15, 0.2) is 47.5 Å². The molecule has 0 aliphatic heterocycles. The van der Waals surface area contributed by atoms with Gasteiger partial charge in [0.05, 0.1) is 6.54 Å². The van der Waals surface area contributed by atoms with E-state index in [1.807, 2.05) is 41.7 Å². The van der Waals surface area contributed by atoms with Gasteiger partial charge in [0, 0.05) is 51.1 Å². The molecule has 2 unspecified atom stereocenters. The third kappa shape index (κ3) is 7.70. The molecule has 2 rings (SSSR count). The van der Waals surface area contributed by atoms with Crippen molar-refractivity contribution in [3.8, 4) is 0 Å². The Morgan fingerprint density at radius 3 is 2.65 bits per heavy atom. The summed E-state index contributed by atoms with van der Waals surface area (Å²) in [7, 11) is -0.894. The van der Waals surface area contributed by atoms with Crippen LogP contribution in [0, 0.1) is 6.92 Å². The van der Waals surface area contributed by atoms with Crippen molar-refractivity contribution in [3.05, 3.63) is 57.8 Å². The van der Waals surface area contributed by atoms with Crippen molar-refractivity contribution in [2.75, 3.05) is 18.8 Å². The number of thiophene rings is 1. The van der Waals surface area contributed by atoms with Gasteiger partial charge in [0.2, 0.25) is 0 Å². The number of nitrogens with zero attached hydrogens (tertiary/aromatic N) is 1. The number of aliphatic imine (C=N–C) groups is 1. The van der Waals surface area contributed by atoms with Crippen LogP contribution in [0.25, 0.3) is 0 Å². The predicted molar refractivity (Wildman–Crippen MR) is 114 cm³/mol. The number of hydrogen-bond acceptors (Lipinski definition) is 3. The third-order valence-corrected chi connectivity index (χ3v) is 6.11. The first kappa shape index (κ1) is 20.6. The summed E-state index contributed by atoms with van der Waals surface area (Å²) in [4.78, 5) is 7.31. The van der Waals surface area contributed by atoms with Gasteiger partial charge in [0.25, 0.3) is 0 Å². The van der Waals surface area contributed by atoms with Crippen LogP contribution in [0.2, 0.25) is 0 Å². The van der Waals surface area contributed by atoms with Crippen molar-refractivity contribution in [3.63, 3.8) is 0 Å². The van der Waals surface area contributed by atoms with E-state index in [0.717, 1.165) is 24.5 Å². The Bertz CT molecular complexity index is 713. The molecule has 6 heteroatoms. The highest BCUT2D eigenvalue weighted by atomic mass is 32.2. The fourth-order valence-electron chi connectivity index (χ4n) is 2.59. The summed E-state index contributed by atoms with van der Waals surface area (Å²) in [5.41, 5.74) is 1.11. The van der Waals surface area contributed by atoms with Gasteiger partial charge in [0.15, 0.2) is 5.96 Å². The van der Waals surface area contributed by atoms with Crippen molar-refractivity contribution < 1.29 is 4.21 Å². The average molecular weight is 392 g/mol. The van der Waals surface area contributed by atoms with E-state index in [1.54, 1.807) is 0 Å². The SMILES string of the molecule is CCNC(=NCCS(=O)Cc1ccccc1)NC(C)Cc1ccc(C)s1. The first-order valence-electron chi connectivity index (χ1n) is 9.06. The Hall–Kier alpha value is -1.66. The second-order valence-corrected chi connectivity index (χ2v) is 9.25. The maximum atomic E-state index is 12.2. The zero-order valence-corrected chi connectivity index (χ0v) is 17.5. The Morgan fingerprint density at radius 2 is 2.00 bits per heavy atom. The molecule has 0 fully saturated rings. The minimum Gasteiger partial charge on any atom is -0.357 e. The van der Waals surface area contributed by atoms with Gasteiger partial charge in [-0.05, 0) is 38.5 Å². The molecule has 2 aromatic rings. The fourth-order valence-corrected chi connectivity index (χ4v) is 4.62. The second-order valence-electron chi connectivity index (χ2n) is 6.30. The van der Waals surface area contributed by atoms with Gasteiger partial charge in [-0.25, -0.2) is 0 Å². The first-order valence-corrected chi connectivity index (χ1v) is 11.4. The maximum absolute atomic E-state index is 12.2. The van der Waals surface area contributed by atoms with Gasteiger partial charge in [-0.1, -0.05) is 30.3 Å². The molecular formula is C20H29N3OS2. The Morgan fingerprint density at radius 1 is 1.23 bits per heavy atom. The van der Waals surface area contributed by atoms with E-state index >= 15 is 0 Å². The normalized spacial score (nSPS) is 14.0. The van der Waals surface area contributed by atoms with Gasteiger partial charge in [0.1, 0.15) is 0 Å². The summed E-state index contributed by atoms with van der Waals surface area (Å²) < 4.78 is 12.2. The minimum absolute atomic E-state index is 0.292. The van der Waals surface area contributed by atoms with Crippen LogP contribution in [0.4, 0.5) is 0 Å². The summed E-state index contributed by atoms with van der Waals surface area (Å²) >= 11 is 1.84. The molecule has 0 amide bonds. The summed E-state index contributed by atoms with van der Waals surface area (Å²) in [6, 6.07) is 14.6. The van der Waals surface area contributed by atoms with Crippen molar-refractivity contribution in [1.29, 1.82) is 0 Å². The molecule has 1 heterocycles. The molecule has 0 saturated heterocycles. The number of nitrogens with one attached hydrogen (secondary N) is 2. The summed E-state index contributed by atoms with van der Waals surface area (Å²) in [6.45, 7) is 7.71. The van der Waals surface area contributed by atoms with Crippen molar-refractivity contribution >= 4 is 28.1 Å². The molecule has 0 spiro atoms. The number of guanidine groups is 1. The zero-order chi connectivity index (χ0) is 18.8. The van der Waals surface area contributed by atoms with E-state index < -0.39 is 10.8 Å². The van der Waals surface area contributed by atoms with E-state index in [-0.39, 0.29) is 0 Å². The van der Waals surface area contributed by atoms with Gasteiger partial charge in [-0.15, -0.1) is 11.3 Å². The standard InChI is InChI=1S/C20H29N3OS2/c1-4-21-20(23-16(2)14-19-11-10-17(3)25-19)22-12-13-26(24)15-18-8-6-5-7-9-18/h5-11,16H,4,12-15H2,1-3H3,(H2,21,22,23). The molecule has 4 nitrogen and oxygen atoms in total. The van der Waals surface area contributed by atoms with Crippen LogP contribution in [0.1, 0.15) is 29.2 Å². The largest absolute Gasteiger partial charge is 0.357 e. The minimum atomic E-state index is -0.894. The summed E-state index contributed by atoms with van der Waals surface area (Å²) in [5, 5.41) is 6.72. The third-order valence-electron chi connectivity index (χ3n) is 3.79. The van der Waals surface area contributed by atoms with Gasteiger partial charge in [-0.3, -0.25) is 9.20 Å². The second kappa shape index (κ2) is 11.1. The lowest BCUT2D eigenvalue weighted by Gasteiger charge is -2.17. The molecular weight excluding hydrogens is 362 g/mol. The van der Waals surface area contributed by atoms with E-state index in [2.05, 4.69) is 48.5 Å². The quantitative estimate of drug-likeness (QED) is 0.508. The molecule has 2 atom stereocenters. The number of benzene rings is 1. The highest BCUT2D eigenvalue weighted by Crippen LogP contribution is 2.16. The molecule has 1 aromatic heterocycles. The van der Waals surface area contributed by atoms with E-state index in [9.17, 15) is 4.21 Å². The van der Waals surface area contributed by atoms with E-state index in [0.29, 0.717) is 24.1 Å². The molecule has 0 bridgehead atoms. The van der Waals surface area contributed by atoms with Crippen molar-refractivity contribution in [2.45, 2.75) is 39.0 Å². The monoisotopic (exact) mass is 391 g/mol. The van der Waals surface area contributed by atoms with Gasteiger partial charge >= 0.3 is 0 Å². The van der Waals surface area contributed by atoms with Crippen LogP contribution in [-0.4, -0.2) is 35.1 Å². The van der Waals surface area contributed by atoms with Crippen LogP contribution < -0.4 is 10.6 Å². The number of aryl methyl sites for hydroxylation is 1. The summed E-state index contributed by atoms with van der Waals surface area (Å²) in [5.74, 6) is 1.96. The van der Waals surface area contributed by atoms with Gasteiger partial charge < -0.3 is 10.6 Å². The van der Waals surface area contributed by atoms with Crippen LogP contribution in [-0.2, 0) is 23.0 Å². The highest BCUT2D eigenvalue weighted by Gasteiger charge is 2.08. The fraction of sp³-hybridized carbons (Fsp3) is 0.450. The topological polar surface area (TPSA) is 53.5 Å². The molecule has 0 aliphatic rings. The lowest BCUT2D eigenvalue weighted by Crippen LogP contribution is -2.43. The Labute approximate surface area is 163 Å². The van der Waals surface area contributed by atoms with Gasteiger partial charge in [-0.2, -0.15) is 0 Å². The molecule has 0 saturated carbocycles. The number of rotatable bonds is 9. The summed E-state index contributed by atoms with van der Waals surface area (Å²) in [6.07, 6.45) is 0.975. The smallest absolute Gasteiger partial charge is 0.191 e. The molecule has 142 valence electrons. The lowest BCUT2D eigenvalue weighted by molar-refractivity contribution is 0.646. The molecule has 2 N–H and O–H groups in total. The Balaban J connectivity index is 1.80. The molecule has 0 radical (unpaired) electrons.